The number of aryl methyl sites for hydroxylation is 1. The van der Waals surface area contributed by atoms with E-state index in [1.54, 1.807) is 0 Å². The minimum Gasteiger partial charge on any atom is -0.480 e. The number of aliphatic carboxylic acids is 1. The fourth-order valence-corrected chi connectivity index (χ4v) is 2.17. The van der Waals surface area contributed by atoms with Crippen LogP contribution in [-0.2, 0) is 4.79 Å². The van der Waals surface area contributed by atoms with E-state index in [0.29, 0.717) is 5.82 Å². The first kappa shape index (κ1) is 14.2. The van der Waals surface area contributed by atoms with Gasteiger partial charge in [0, 0.05) is 5.56 Å². The molecule has 0 radical (unpaired) electrons. The Kier molecular flexibility index (Phi) is 4.12. The predicted octanol–water partition coefficient (Wildman–Crippen LogP) is 2.32. The van der Waals surface area contributed by atoms with Crippen LogP contribution in [0.5, 0.6) is 0 Å². The summed E-state index contributed by atoms with van der Waals surface area (Å²) in [5, 5.41) is 21.0. The van der Waals surface area contributed by atoms with Crippen LogP contribution in [-0.4, -0.2) is 31.3 Å². The second-order valence-corrected chi connectivity index (χ2v) is 4.99. The highest BCUT2D eigenvalue weighted by atomic mass is 16.4. The number of hydrogen-bond acceptors (Lipinski definition) is 4. The van der Waals surface area contributed by atoms with Crippen LogP contribution >= 0.6 is 0 Å². The summed E-state index contributed by atoms with van der Waals surface area (Å²) in [5.41, 5.74) is 1.90. The Morgan fingerprint density at radius 1 is 1.45 bits per heavy atom. The van der Waals surface area contributed by atoms with Crippen molar-refractivity contribution in [2.45, 2.75) is 33.2 Å². The molecule has 0 amide bonds. The average molecular weight is 274 g/mol. The minimum atomic E-state index is -0.916. The lowest BCUT2D eigenvalue weighted by Crippen LogP contribution is -2.27. The molecule has 1 aromatic carbocycles. The number of carboxylic acids is 1. The van der Waals surface area contributed by atoms with E-state index in [2.05, 4.69) is 15.5 Å². The van der Waals surface area contributed by atoms with Crippen LogP contribution in [0.3, 0.4) is 0 Å². The molecule has 0 fully saturated rings. The summed E-state index contributed by atoms with van der Waals surface area (Å²) >= 11 is 0. The van der Waals surface area contributed by atoms with Gasteiger partial charge in [0.25, 0.3) is 0 Å². The van der Waals surface area contributed by atoms with Crippen molar-refractivity contribution >= 4 is 5.97 Å². The molecule has 0 bridgehead atoms. The van der Waals surface area contributed by atoms with Gasteiger partial charge in [-0.1, -0.05) is 44.0 Å². The third-order valence-electron chi connectivity index (χ3n) is 3.47. The van der Waals surface area contributed by atoms with Crippen molar-refractivity contribution in [1.82, 2.24) is 20.2 Å². The molecule has 0 aliphatic rings. The van der Waals surface area contributed by atoms with Crippen molar-refractivity contribution in [3.63, 3.8) is 0 Å². The second-order valence-electron chi connectivity index (χ2n) is 4.99. The average Bonchev–Trinajstić information content (AvgIpc) is 2.87. The number of rotatable bonds is 5. The van der Waals surface area contributed by atoms with E-state index in [1.807, 2.05) is 45.0 Å². The van der Waals surface area contributed by atoms with Gasteiger partial charge in [-0.3, -0.25) is 0 Å². The zero-order valence-electron chi connectivity index (χ0n) is 11.8. The van der Waals surface area contributed by atoms with E-state index in [9.17, 15) is 9.90 Å². The number of aromatic nitrogens is 4. The Balaban J connectivity index is 2.49. The summed E-state index contributed by atoms with van der Waals surface area (Å²) in [7, 11) is 0. The van der Waals surface area contributed by atoms with E-state index < -0.39 is 12.0 Å². The van der Waals surface area contributed by atoms with Gasteiger partial charge in [0.2, 0.25) is 0 Å². The largest absolute Gasteiger partial charge is 0.480 e. The molecule has 20 heavy (non-hydrogen) atoms. The van der Waals surface area contributed by atoms with Crippen molar-refractivity contribution in [3.05, 3.63) is 29.8 Å². The van der Waals surface area contributed by atoms with Gasteiger partial charge >= 0.3 is 5.97 Å². The highest BCUT2D eigenvalue weighted by Gasteiger charge is 2.29. The maximum Gasteiger partial charge on any atom is 0.328 e. The van der Waals surface area contributed by atoms with Crippen LogP contribution in [0.4, 0.5) is 0 Å². The van der Waals surface area contributed by atoms with Crippen LogP contribution in [0.1, 0.15) is 31.9 Å². The zero-order valence-corrected chi connectivity index (χ0v) is 11.8. The number of hydrogen-bond donors (Lipinski definition) is 1. The number of carboxylic acid groups (broad SMARTS) is 1. The van der Waals surface area contributed by atoms with Gasteiger partial charge in [0.15, 0.2) is 11.9 Å². The number of benzene rings is 1. The van der Waals surface area contributed by atoms with Gasteiger partial charge in [0.1, 0.15) is 0 Å². The zero-order chi connectivity index (χ0) is 14.7. The van der Waals surface area contributed by atoms with Gasteiger partial charge in [-0.05, 0) is 29.3 Å². The van der Waals surface area contributed by atoms with E-state index in [0.717, 1.165) is 17.5 Å². The lowest BCUT2D eigenvalue weighted by Gasteiger charge is -2.19. The van der Waals surface area contributed by atoms with Gasteiger partial charge in [0.05, 0.1) is 0 Å². The molecule has 1 aromatic heterocycles. The van der Waals surface area contributed by atoms with Crippen LogP contribution in [0.15, 0.2) is 24.3 Å². The van der Waals surface area contributed by atoms with Gasteiger partial charge in [-0.15, -0.1) is 5.10 Å². The first-order chi connectivity index (χ1) is 9.54. The Labute approximate surface area is 117 Å². The molecule has 2 rings (SSSR count). The molecular weight excluding hydrogens is 256 g/mol. The quantitative estimate of drug-likeness (QED) is 0.905. The standard InChI is InChI=1S/C14H18N4O2/c1-4-10(3)12(14(19)20)18-13(15-16-17-18)11-7-5-6-9(2)8-11/h5-8,10,12H,4H2,1-3H3,(H,19,20). The Morgan fingerprint density at radius 2 is 2.20 bits per heavy atom. The van der Waals surface area contributed by atoms with Crippen LogP contribution in [0.2, 0.25) is 0 Å². The van der Waals surface area contributed by atoms with E-state index in [4.69, 9.17) is 0 Å². The van der Waals surface area contributed by atoms with Crippen molar-refractivity contribution in [2.75, 3.05) is 0 Å². The maximum absolute atomic E-state index is 11.5. The molecule has 6 nitrogen and oxygen atoms in total. The molecular formula is C14H18N4O2. The van der Waals surface area contributed by atoms with Crippen molar-refractivity contribution in [3.8, 4) is 11.4 Å². The lowest BCUT2D eigenvalue weighted by atomic mass is 9.99. The molecule has 0 saturated heterocycles. The smallest absolute Gasteiger partial charge is 0.328 e. The fourth-order valence-electron chi connectivity index (χ4n) is 2.17. The summed E-state index contributed by atoms with van der Waals surface area (Å²) in [6.07, 6.45) is 0.740. The topological polar surface area (TPSA) is 80.9 Å². The summed E-state index contributed by atoms with van der Waals surface area (Å²) in [5.74, 6) is -0.485. The van der Waals surface area contributed by atoms with Crippen LogP contribution < -0.4 is 0 Å². The highest BCUT2D eigenvalue weighted by Crippen LogP contribution is 2.26. The Morgan fingerprint density at radius 3 is 2.80 bits per heavy atom. The third-order valence-corrected chi connectivity index (χ3v) is 3.47. The van der Waals surface area contributed by atoms with E-state index in [-0.39, 0.29) is 5.92 Å². The normalized spacial score (nSPS) is 13.9. The number of tetrazole rings is 1. The summed E-state index contributed by atoms with van der Waals surface area (Å²) in [6.45, 7) is 5.82. The molecule has 1 N–H and O–H groups in total. The van der Waals surface area contributed by atoms with Crippen molar-refractivity contribution in [1.29, 1.82) is 0 Å². The molecule has 0 aliphatic heterocycles. The monoisotopic (exact) mass is 274 g/mol. The molecule has 2 aromatic rings. The SMILES string of the molecule is CCC(C)C(C(=O)O)n1nnnc1-c1cccc(C)c1. The molecule has 6 heteroatoms. The molecule has 0 aliphatic carbocycles. The fraction of sp³-hybridized carbons (Fsp3) is 0.429. The summed E-state index contributed by atoms with van der Waals surface area (Å²) in [4.78, 5) is 11.5. The Bertz CT molecular complexity index is 609. The molecule has 0 saturated carbocycles. The molecule has 1 heterocycles. The van der Waals surface area contributed by atoms with Gasteiger partial charge < -0.3 is 5.11 Å². The lowest BCUT2D eigenvalue weighted by molar-refractivity contribution is -0.142. The van der Waals surface area contributed by atoms with Crippen LogP contribution in [0, 0.1) is 12.8 Å². The predicted molar refractivity (Wildman–Crippen MR) is 74.1 cm³/mol. The minimum absolute atomic E-state index is 0.0560. The third kappa shape index (κ3) is 2.68. The Hall–Kier alpha value is -2.24. The molecule has 0 spiro atoms. The first-order valence-corrected chi connectivity index (χ1v) is 6.62. The van der Waals surface area contributed by atoms with Gasteiger partial charge in [-0.2, -0.15) is 0 Å². The van der Waals surface area contributed by atoms with Crippen molar-refractivity contribution in [2.24, 2.45) is 5.92 Å². The van der Waals surface area contributed by atoms with Crippen molar-refractivity contribution < 1.29 is 9.90 Å². The highest BCUT2D eigenvalue weighted by molar-refractivity contribution is 5.73. The number of nitrogens with zero attached hydrogens (tertiary/aromatic N) is 4. The van der Waals surface area contributed by atoms with Gasteiger partial charge in [-0.25, -0.2) is 9.48 Å². The van der Waals surface area contributed by atoms with Crippen LogP contribution in [0.25, 0.3) is 11.4 Å². The first-order valence-electron chi connectivity index (χ1n) is 6.62. The maximum atomic E-state index is 11.5. The summed E-state index contributed by atoms with van der Waals surface area (Å²) < 4.78 is 1.41. The molecule has 2 unspecified atom stereocenters. The number of carbonyl (C=O) groups is 1. The summed E-state index contributed by atoms with van der Waals surface area (Å²) in [6, 6.07) is 6.94. The van der Waals surface area contributed by atoms with E-state index >= 15 is 0 Å². The molecule has 2 atom stereocenters. The van der Waals surface area contributed by atoms with E-state index in [1.165, 1.54) is 4.68 Å². The molecule has 106 valence electrons. The second kappa shape index (κ2) is 5.81.